The number of ether oxygens (including phenoxy) is 1. The molecule has 0 saturated carbocycles. The largest absolute Gasteiger partial charge is 0.480 e. The molecular weight excluding hydrogens is 184 g/mol. The van der Waals surface area contributed by atoms with Gasteiger partial charge in [-0.25, -0.2) is 0 Å². The van der Waals surface area contributed by atoms with Gasteiger partial charge in [-0.3, -0.25) is 9.59 Å². The first-order valence-electron chi connectivity index (χ1n) is 4.85. The summed E-state index contributed by atoms with van der Waals surface area (Å²) in [6.45, 7) is 6.77. The summed E-state index contributed by atoms with van der Waals surface area (Å²) in [6.07, 6.45) is 0.230. The van der Waals surface area contributed by atoms with E-state index in [1.54, 1.807) is 27.7 Å². The molecule has 0 rings (SSSR count). The standard InChI is InChI=1S/C10H18O4/c1-5-10(6-2,8(11)12)9(13)14-7(3)4/h7H,5-6H2,1-4H3,(H,11,12). The van der Waals surface area contributed by atoms with Gasteiger partial charge >= 0.3 is 11.9 Å². The minimum absolute atomic E-state index is 0.254. The van der Waals surface area contributed by atoms with Crippen molar-refractivity contribution in [1.29, 1.82) is 0 Å². The molecule has 0 heterocycles. The molecule has 1 N–H and O–H groups in total. The van der Waals surface area contributed by atoms with E-state index in [-0.39, 0.29) is 18.9 Å². The number of aliphatic carboxylic acids is 1. The van der Waals surface area contributed by atoms with Crippen molar-refractivity contribution in [3.63, 3.8) is 0 Å². The summed E-state index contributed by atoms with van der Waals surface area (Å²) in [5, 5.41) is 9.01. The maximum absolute atomic E-state index is 11.6. The molecule has 0 aliphatic rings. The van der Waals surface area contributed by atoms with Crippen LogP contribution in [-0.2, 0) is 14.3 Å². The third kappa shape index (κ3) is 2.47. The predicted octanol–water partition coefficient (Wildman–Crippen LogP) is 1.83. The molecule has 82 valence electrons. The molecule has 0 atom stereocenters. The zero-order chi connectivity index (χ0) is 11.4. The van der Waals surface area contributed by atoms with Crippen LogP contribution < -0.4 is 0 Å². The fourth-order valence-electron chi connectivity index (χ4n) is 1.26. The molecule has 0 fully saturated rings. The Labute approximate surface area is 84.3 Å². The highest BCUT2D eigenvalue weighted by Crippen LogP contribution is 2.28. The first kappa shape index (κ1) is 12.9. The SMILES string of the molecule is CCC(CC)(C(=O)O)C(=O)OC(C)C. The van der Waals surface area contributed by atoms with Gasteiger partial charge in [-0.15, -0.1) is 0 Å². The summed E-state index contributed by atoms with van der Waals surface area (Å²) in [4.78, 5) is 22.6. The van der Waals surface area contributed by atoms with E-state index in [0.29, 0.717) is 0 Å². The van der Waals surface area contributed by atoms with Crippen LogP contribution in [0.2, 0.25) is 0 Å². The summed E-state index contributed by atoms with van der Waals surface area (Å²) in [5.41, 5.74) is -1.37. The molecule has 0 radical (unpaired) electrons. The van der Waals surface area contributed by atoms with E-state index in [2.05, 4.69) is 0 Å². The summed E-state index contributed by atoms with van der Waals surface area (Å²) in [5.74, 6) is -1.74. The second kappa shape index (κ2) is 4.98. The fraction of sp³-hybridized carbons (Fsp3) is 0.800. The molecule has 0 aromatic heterocycles. The van der Waals surface area contributed by atoms with Crippen LogP contribution in [0.25, 0.3) is 0 Å². The van der Waals surface area contributed by atoms with Crippen LogP contribution in [0.3, 0.4) is 0 Å². The van der Waals surface area contributed by atoms with Gasteiger partial charge in [0, 0.05) is 0 Å². The van der Waals surface area contributed by atoms with Crippen molar-refractivity contribution in [2.24, 2.45) is 5.41 Å². The maximum Gasteiger partial charge on any atom is 0.323 e. The number of carbonyl (C=O) groups is 2. The Kier molecular flexibility index (Phi) is 4.60. The van der Waals surface area contributed by atoms with Gasteiger partial charge in [0.15, 0.2) is 5.41 Å². The van der Waals surface area contributed by atoms with Crippen molar-refractivity contribution >= 4 is 11.9 Å². The Morgan fingerprint density at radius 3 is 1.93 bits per heavy atom. The molecule has 0 bridgehead atoms. The number of hydrogen-bond acceptors (Lipinski definition) is 3. The van der Waals surface area contributed by atoms with Gasteiger partial charge in [-0.2, -0.15) is 0 Å². The van der Waals surface area contributed by atoms with E-state index < -0.39 is 17.4 Å². The minimum atomic E-state index is -1.37. The zero-order valence-corrected chi connectivity index (χ0v) is 9.16. The van der Waals surface area contributed by atoms with Crippen LogP contribution in [0, 0.1) is 5.41 Å². The fourth-order valence-corrected chi connectivity index (χ4v) is 1.26. The highest BCUT2D eigenvalue weighted by atomic mass is 16.5. The lowest BCUT2D eigenvalue weighted by Crippen LogP contribution is -2.40. The Morgan fingerprint density at radius 1 is 1.29 bits per heavy atom. The van der Waals surface area contributed by atoms with Crippen LogP contribution >= 0.6 is 0 Å². The molecule has 4 nitrogen and oxygen atoms in total. The number of carboxylic acids is 1. The van der Waals surface area contributed by atoms with E-state index >= 15 is 0 Å². The van der Waals surface area contributed by atoms with Crippen molar-refractivity contribution in [2.75, 3.05) is 0 Å². The van der Waals surface area contributed by atoms with E-state index in [4.69, 9.17) is 9.84 Å². The monoisotopic (exact) mass is 202 g/mol. The molecule has 4 heteroatoms. The molecule has 0 saturated heterocycles. The van der Waals surface area contributed by atoms with Crippen LogP contribution in [0.5, 0.6) is 0 Å². The number of hydrogen-bond donors (Lipinski definition) is 1. The van der Waals surface area contributed by atoms with Gasteiger partial charge in [0.1, 0.15) is 0 Å². The van der Waals surface area contributed by atoms with Crippen molar-refractivity contribution in [1.82, 2.24) is 0 Å². The second-order valence-electron chi connectivity index (χ2n) is 3.55. The molecule has 0 spiro atoms. The number of carbonyl (C=O) groups excluding carboxylic acids is 1. The number of esters is 1. The van der Waals surface area contributed by atoms with E-state index in [9.17, 15) is 9.59 Å². The minimum Gasteiger partial charge on any atom is -0.480 e. The first-order valence-corrected chi connectivity index (χ1v) is 4.85. The Morgan fingerprint density at radius 2 is 1.71 bits per heavy atom. The van der Waals surface area contributed by atoms with Crippen molar-refractivity contribution in [3.05, 3.63) is 0 Å². The molecule has 0 aromatic rings. The molecule has 0 aromatic carbocycles. The van der Waals surface area contributed by atoms with Crippen LogP contribution in [0.15, 0.2) is 0 Å². The number of rotatable bonds is 5. The van der Waals surface area contributed by atoms with E-state index in [0.717, 1.165) is 0 Å². The molecule has 0 unspecified atom stereocenters. The van der Waals surface area contributed by atoms with Crippen molar-refractivity contribution in [3.8, 4) is 0 Å². The van der Waals surface area contributed by atoms with Crippen molar-refractivity contribution in [2.45, 2.75) is 46.6 Å². The van der Waals surface area contributed by atoms with Gasteiger partial charge in [0.2, 0.25) is 0 Å². The van der Waals surface area contributed by atoms with Gasteiger partial charge in [-0.05, 0) is 26.7 Å². The normalized spacial score (nSPS) is 11.5. The third-order valence-corrected chi connectivity index (χ3v) is 2.35. The summed E-state index contributed by atoms with van der Waals surface area (Å²) in [6, 6.07) is 0. The molecule has 0 amide bonds. The van der Waals surface area contributed by atoms with Gasteiger partial charge in [0.05, 0.1) is 6.10 Å². The topological polar surface area (TPSA) is 63.6 Å². The average Bonchev–Trinajstić information content (AvgIpc) is 2.05. The van der Waals surface area contributed by atoms with Crippen molar-refractivity contribution < 1.29 is 19.4 Å². The Balaban J connectivity index is 4.81. The lowest BCUT2D eigenvalue weighted by Gasteiger charge is -2.25. The molecular formula is C10H18O4. The van der Waals surface area contributed by atoms with Crippen LogP contribution in [0.1, 0.15) is 40.5 Å². The van der Waals surface area contributed by atoms with E-state index in [1.165, 1.54) is 0 Å². The summed E-state index contributed by atoms with van der Waals surface area (Å²) < 4.78 is 4.94. The maximum atomic E-state index is 11.6. The molecule has 14 heavy (non-hydrogen) atoms. The summed E-state index contributed by atoms with van der Waals surface area (Å²) in [7, 11) is 0. The predicted molar refractivity (Wildman–Crippen MR) is 51.9 cm³/mol. The quantitative estimate of drug-likeness (QED) is 0.545. The first-order chi connectivity index (χ1) is 6.40. The molecule has 0 aliphatic carbocycles. The lowest BCUT2D eigenvalue weighted by atomic mass is 9.82. The Hall–Kier alpha value is -1.06. The zero-order valence-electron chi connectivity index (χ0n) is 9.16. The average molecular weight is 202 g/mol. The second-order valence-corrected chi connectivity index (χ2v) is 3.55. The highest BCUT2D eigenvalue weighted by molar-refractivity contribution is 5.99. The summed E-state index contributed by atoms with van der Waals surface area (Å²) >= 11 is 0. The Bertz CT molecular complexity index is 216. The van der Waals surface area contributed by atoms with Gasteiger partial charge < -0.3 is 9.84 Å². The highest BCUT2D eigenvalue weighted by Gasteiger charge is 2.44. The third-order valence-electron chi connectivity index (χ3n) is 2.35. The lowest BCUT2D eigenvalue weighted by molar-refractivity contribution is -0.172. The smallest absolute Gasteiger partial charge is 0.323 e. The van der Waals surface area contributed by atoms with Crippen LogP contribution in [0.4, 0.5) is 0 Å². The molecule has 0 aliphatic heterocycles. The number of carboxylic acid groups (broad SMARTS) is 1. The van der Waals surface area contributed by atoms with Crippen LogP contribution in [-0.4, -0.2) is 23.1 Å². The van der Waals surface area contributed by atoms with Gasteiger partial charge in [0.25, 0.3) is 0 Å². The van der Waals surface area contributed by atoms with E-state index in [1.807, 2.05) is 0 Å². The van der Waals surface area contributed by atoms with Gasteiger partial charge in [-0.1, -0.05) is 13.8 Å².